The minimum absolute atomic E-state index is 0.569. The average Bonchev–Trinajstić information content (AvgIpc) is 3.58. The highest BCUT2D eigenvalue weighted by molar-refractivity contribution is 5.84. The fourth-order valence-corrected chi connectivity index (χ4v) is 4.78. The monoisotopic (exact) mass is 483 g/mol. The molecule has 10 heteroatoms. The number of ether oxygens (including phenoxy) is 1. The first kappa shape index (κ1) is 22.3. The second-order valence-electron chi connectivity index (χ2n) is 9.30. The van der Waals surface area contributed by atoms with Crippen LogP contribution in [0.5, 0.6) is 5.75 Å². The number of H-pyrrole nitrogens is 1. The zero-order valence-corrected chi connectivity index (χ0v) is 20.6. The number of nitrogens with one attached hydrogen (secondary N) is 2. The van der Waals surface area contributed by atoms with Gasteiger partial charge in [0, 0.05) is 54.9 Å². The summed E-state index contributed by atoms with van der Waals surface area (Å²) >= 11 is 0. The summed E-state index contributed by atoms with van der Waals surface area (Å²) in [4.78, 5) is 14.2. The Morgan fingerprint density at radius 3 is 2.72 bits per heavy atom. The quantitative estimate of drug-likeness (QED) is 0.375. The van der Waals surface area contributed by atoms with Gasteiger partial charge in [-0.25, -0.2) is 14.5 Å². The molecular weight excluding hydrogens is 454 g/mol. The Labute approximate surface area is 208 Å². The molecule has 0 atom stereocenters. The lowest BCUT2D eigenvalue weighted by Gasteiger charge is -2.38. The molecule has 0 aliphatic carbocycles. The van der Waals surface area contributed by atoms with Gasteiger partial charge in [0.2, 0.25) is 0 Å². The third kappa shape index (κ3) is 4.09. The Morgan fingerprint density at radius 1 is 1.06 bits per heavy atom. The molecule has 1 aliphatic rings. The summed E-state index contributed by atoms with van der Waals surface area (Å²) < 4.78 is 7.53. The van der Waals surface area contributed by atoms with E-state index < -0.39 is 0 Å². The van der Waals surface area contributed by atoms with Gasteiger partial charge < -0.3 is 15.0 Å². The van der Waals surface area contributed by atoms with Crippen LogP contribution in [0.3, 0.4) is 0 Å². The molecule has 0 spiro atoms. The molecule has 36 heavy (non-hydrogen) atoms. The third-order valence-corrected chi connectivity index (χ3v) is 6.83. The summed E-state index contributed by atoms with van der Waals surface area (Å²) in [6.45, 7) is 8.56. The van der Waals surface area contributed by atoms with E-state index in [0.717, 1.165) is 65.5 Å². The van der Waals surface area contributed by atoms with Crippen molar-refractivity contribution in [3.63, 3.8) is 0 Å². The summed E-state index contributed by atoms with van der Waals surface area (Å²) in [5, 5.41) is 16.0. The zero-order valence-electron chi connectivity index (χ0n) is 20.6. The Bertz CT molecular complexity index is 1510. The molecule has 0 amide bonds. The van der Waals surface area contributed by atoms with E-state index in [1.807, 2.05) is 30.5 Å². The molecule has 3 aromatic heterocycles. The largest absolute Gasteiger partial charge is 0.495 e. The van der Waals surface area contributed by atoms with E-state index in [-0.39, 0.29) is 0 Å². The number of methoxy groups -OCH3 is 1. The maximum Gasteiger partial charge on any atom is 0.198 e. The number of hydrogen-bond donors (Lipinski definition) is 2. The van der Waals surface area contributed by atoms with Crippen molar-refractivity contribution in [1.82, 2.24) is 34.7 Å². The van der Waals surface area contributed by atoms with Crippen molar-refractivity contribution in [3.05, 3.63) is 55.1 Å². The first-order valence-corrected chi connectivity index (χ1v) is 12.2. The van der Waals surface area contributed by atoms with E-state index in [4.69, 9.17) is 9.72 Å². The topological polar surface area (TPSA) is 99.5 Å². The molecule has 1 fully saturated rings. The average molecular weight is 484 g/mol. The van der Waals surface area contributed by atoms with Gasteiger partial charge in [0.25, 0.3) is 0 Å². The number of piperazine rings is 1. The van der Waals surface area contributed by atoms with Crippen LogP contribution in [0, 0.1) is 0 Å². The molecule has 1 aliphatic heterocycles. The summed E-state index contributed by atoms with van der Waals surface area (Å²) in [6, 6.07) is 12.9. The number of hydrogen-bond acceptors (Lipinski definition) is 8. The van der Waals surface area contributed by atoms with Gasteiger partial charge in [0.1, 0.15) is 12.1 Å². The van der Waals surface area contributed by atoms with Crippen LogP contribution in [0.2, 0.25) is 0 Å². The van der Waals surface area contributed by atoms with Gasteiger partial charge in [-0.15, -0.1) is 0 Å². The SMILES string of the molecule is COc1cc(Nc2nc(-c3ccc4cn[nH]c4c3)cn3ncnc23)ccc1N1CCN(C(C)C)CC1. The molecule has 0 saturated carbocycles. The minimum atomic E-state index is 0.569. The van der Waals surface area contributed by atoms with Crippen molar-refractivity contribution < 1.29 is 4.74 Å². The summed E-state index contributed by atoms with van der Waals surface area (Å²) in [5.41, 5.74) is 5.31. The molecule has 0 radical (unpaired) electrons. The van der Waals surface area contributed by atoms with Gasteiger partial charge in [-0.05, 0) is 32.0 Å². The Hall–Kier alpha value is -4.18. The highest BCUT2D eigenvalue weighted by Gasteiger charge is 2.21. The highest BCUT2D eigenvalue weighted by atomic mass is 16.5. The maximum atomic E-state index is 5.79. The molecule has 10 nitrogen and oxygen atoms in total. The lowest BCUT2D eigenvalue weighted by atomic mass is 10.1. The molecular formula is C26H29N9O. The molecule has 6 rings (SSSR count). The van der Waals surface area contributed by atoms with Gasteiger partial charge in [0.15, 0.2) is 11.5 Å². The summed E-state index contributed by atoms with van der Waals surface area (Å²) in [5.74, 6) is 1.45. The fourth-order valence-electron chi connectivity index (χ4n) is 4.78. The van der Waals surface area contributed by atoms with Gasteiger partial charge in [-0.1, -0.05) is 12.1 Å². The van der Waals surface area contributed by atoms with Crippen LogP contribution in [0.4, 0.5) is 17.2 Å². The fraction of sp³-hybridized carbons (Fsp3) is 0.308. The van der Waals surface area contributed by atoms with Crippen molar-refractivity contribution in [2.45, 2.75) is 19.9 Å². The highest BCUT2D eigenvalue weighted by Crippen LogP contribution is 2.34. The van der Waals surface area contributed by atoms with E-state index in [2.05, 4.69) is 61.4 Å². The second-order valence-corrected chi connectivity index (χ2v) is 9.30. The van der Waals surface area contributed by atoms with E-state index in [9.17, 15) is 0 Å². The van der Waals surface area contributed by atoms with Crippen LogP contribution >= 0.6 is 0 Å². The molecule has 184 valence electrons. The molecule has 5 aromatic rings. The van der Waals surface area contributed by atoms with Crippen molar-refractivity contribution in [2.24, 2.45) is 0 Å². The number of fused-ring (bicyclic) bond motifs is 2. The van der Waals surface area contributed by atoms with Crippen LogP contribution < -0.4 is 15.0 Å². The van der Waals surface area contributed by atoms with E-state index in [0.29, 0.717) is 17.5 Å². The number of aromatic amines is 1. The van der Waals surface area contributed by atoms with Crippen LogP contribution in [0.25, 0.3) is 27.8 Å². The number of aromatic nitrogens is 6. The normalized spacial score (nSPS) is 14.7. The van der Waals surface area contributed by atoms with Gasteiger partial charge >= 0.3 is 0 Å². The standard InChI is InChI=1S/C26H29N9O/c1-17(2)33-8-10-34(11-9-33)23-7-6-20(13-24(23)36-3)30-25-26-27-16-29-35(26)15-22(31-25)18-4-5-19-14-28-32-21(19)12-18/h4-7,12-17H,8-11H2,1-3H3,(H,28,32)(H,30,31). The molecule has 4 heterocycles. The summed E-state index contributed by atoms with van der Waals surface area (Å²) in [6.07, 6.45) is 5.22. The van der Waals surface area contributed by atoms with Gasteiger partial charge in [0.05, 0.1) is 36.4 Å². The Balaban J connectivity index is 1.30. The Kier molecular flexibility index (Phi) is 5.65. The molecule has 1 saturated heterocycles. The minimum Gasteiger partial charge on any atom is -0.495 e. The van der Waals surface area contributed by atoms with Crippen molar-refractivity contribution in [3.8, 4) is 17.0 Å². The van der Waals surface area contributed by atoms with Gasteiger partial charge in [-0.3, -0.25) is 10.00 Å². The van der Waals surface area contributed by atoms with Crippen molar-refractivity contribution in [2.75, 3.05) is 43.5 Å². The maximum absolute atomic E-state index is 5.79. The Morgan fingerprint density at radius 2 is 1.92 bits per heavy atom. The lowest BCUT2D eigenvalue weighted by molar-refractivity contribution is 0.209. The van der Waals surface area contributed by atoms with E-state index in [1.165, 1.54) is 6.33 Å². The third-order valence-electron chi connectivity index (χ3n) is 6.83. The van der Waals surface area contributed by atoms with Crippen LogP contribution in [-0.2, 0) is 0 Å². The number of anilines is 3. The molecule has 2 N–H and O–H groups in total. The molecule has 0 unspecified atom stereocenters. The van der Waals surface area contributed by atoms with Crippen LogP contribution in [-0.4, -0.2) is 74.0 Å². The number of nitrogens with zero attached hydrogens (tertiary/aromatic N) is 7. The zero-order chi connectivity index (χ0) is 24.6. The van der Waals surface area contributed by atoms with Crippen molar-refractivity contribution in [1.29, 1.82) is 0 Å². The summed E-state index contributed by atoms with van der Waals surface area (Å²) in [7, 11) is 1.72. The first-order chi connectivity index (χ1) is 17.6. The predicted octanol–water partition coefficient (Wildman–Crippen LogP) is 3.95. The molecule has 0 bridgehead atoms. The number of benzene rings is 2. The smallest absolute Gasteiger partial charge is 0.198 e. The molecule has 2 aromatic carbocycles. The van der Waals surface area contributed by atoms with Crippen molar-refractivity contribution >= 4 is 33.7 Å². The number of rotatable bonds is 6. The van der Waals surface area contributed by atoms with Crippen LogP contribution in [0.15, 0.2) is 55.1 Å². The first-order valence-electron chi connectivity index (χ1n) is 12.2. The second kappa shape index (κ2) is 9.12. The van der Waals surface area contributed by atoms with E-state index in [1.54, 1.807) is 17.8 Å². The van der Waals surface area contributed by atoms with Crippen LogP contribution in [0.1, 0.15) is 13.8 Å². The lowest BCUT2D eigenvalue weighted by Crippen LogP contribution is -2.49. The van der Waals surface area contributed by atoms with E-state index >= 15 is 0 Å². The van der Waals surface area contributed by atoms with Gasteiger partial charge in [-0.2, -0.15) is 10.2 Å². The predicted molar refractivity (Wildman–Crippen MR) is 141 cm³/mol.